The summed E-state index contributed by atoms with van der Waals surface area (Å²) in [5.41, 5.74) is 4.27. The van der Waals surface area contributed by atoms with Crippen LogP contribution in [-0.4, -0.2) is 22.0 Å². The molecule has 32 heavy (non-hydrogen) atoms. The van der Waals surface area contributed by atoms with Gasteiger partial charge in [-0.3, -0.25) is 4.79 Å². The van der Waals surface area contributed by atoms with Gasteiger partial charge in [-0.25, -0.2) is 14.4 Å². The summed E-state index contributed by atoms with van der Waals surface area (Å²) in [7, 11) is 0. The zero-order valence-electron chi connectivity index (χ0n) is 17.1. The van der Waals surface area contributed by atoms with Crippen LogP contribution in [0.1, 0.15) is 28.0 Å². The fourth-order valence-electron chi connectivity index (χ4n) is 3.97. The molecule has 2 aromatic heterocycles. The highest BCUT2D eigenvalue weighted by molar-refractivity contribution is 7.19. The normalized spacial score (nSPS) is 13.1. The first-order valence-electron chi connectivity index (χ1n) is 10.3. The van der Waals surface area contributed by atoms with Crippen molar-refractivity contribution < 1.29 is 9.18 Å². The second-order valence-electron chi connectivity index (χ2n) is 7.68. The quantitative estimate of drug-likeness (QED) is 0.353. The maximum Gasteiger partial charge on any atom is 0.142 e. The first kappa shape index (κ1) is 20.3. The molecule has 0 spiro atoms. The van der Waals surface area contributed by atoms with Crippen molar-refractivity contribution in [2.24, 2.45) is 0 Å². The van der Waals surface area contributed by atoms with E-state index in [9.17, 15) is 9.18 Å². The minimum atomic E-state index is -0.271. The summed E-state index contributed by atoms with van der Waals surface area (Å²) in [4.78, 5) is 22.7. The van der Waals surface area contributed by atoms with Crippen molar-refractivity contribution >= 4 is 50.7 Å². The van der Waals surface area contributed by atoms with Crippen molar-refractivity contribution in [1.82, 2.24) is 9.97 Å². The molecule has 3 N–H and O–H groups in total. The smallest absolute Gasteiger partial charge is 0.142 e. The van der Waals surface area contributed by atoms with E-state index in [1.807, 2.05) is 24.3 Å². The molecule has 0 bridgehead atoms. The third kappa shape index (κ3) is 3.97. The van der Waals surface area contributed by atoms with Crippen LogP contribution in [0, 0.1) is 11.2 Å². The molecule has 4 aromatic rings. The van der Waals surface area contributed by atoms with E-state index in [1.54, 1.807) is 17.4 Å². The number of halogens is 1. The second-order valence-corrected chi connectivity index (χ2v) is 8.76. The summed E-state index contributed by atoms with van der Waals surface area (Å²) in [5, 5.41) is 15.4. The predicted octanol–water partition coefficient (Wildman–Crippen LogP) is 5.24. The molecule has 5 rings (SSSR count). The molecule has 0 unspecified atom stereocenters. The number of ketones is 1. The van der Waals surface area contributed by atoms with Crippen molar-refractivity contribution in [2.45, 2.75) is 25.8 Å². The van der Waals surface area contributed by atoms with Gasteiger partial charge in [-0.1, -0.05) is 12.1 Å². The van der Waals surface area contributed by atoms with E-state index < -0.39 is 0 Å². The molecule has 0 amide bonds. The molecule has 2 heterocycles. The average molecular weight is 446 g/mol. The summed E-state index contributed by atoms with van der Waals surface area (Å²) < 4.78 is 13.4. The number of hydrogen-bond donors (Lipinski definition) is 3. The largest absolute Gasteiger partial charge is 0.380 e. The number of rotatable bonds is 6. The number of fused-ring (bicyclic) bond motifs is 3. The molecule has 6 nitrogen and oxygen atoms in total. The summed E-state index contributed by atoms with van der Waals surface area (Å²) in [6, 6.07) is 12.1. The Morgan fingerprint density at radius 2 is 2.06 bits per heavy atom. The molecule has 0 aliphatic heterocycles. The lowest BCUT2D eigenvalue weighted by Gasteiger charge is -2.14. The third-order valence-corrected chi connectivity index (χ3v) is 6.66. The lowest BCUT2D eigenvalue weighted by atomic mass is 9.96. The summed E-state index contributed by atoms with van der Waals surface area (Å²) in [6.07, 6.45) is 4.55. The second kappa shape index (κ2) is 8.47. The molecule has 1 aliphatic carbocycles. The Labute approximate surface area is 188 Å². The summed E-state index contributed by atoms with van der Waals surface area (Å²) in [6.45, 7) is 0.456. The molecule has 2 aromatic carbocycles. The number of nitrogens with one attached hydrogen (secondary N) is 3. The topological polar surface area (TPSA) is 90.8 Å². The van der Waals surface area contributed by atoms with E-state index in [-0.39, 0.29) is 11.6 Å². The predicted molar refractivity (Wildman–Crippen MR) is 126 cm³/mol. The number of carbonyl (C=O) groups is 1. The Balaban J connectivity index is 1.41. The Kier molecular flexibility index (Phi) is 5.36. The molecular formula is C24H20FN5OS. The van der Waals surface area contributed by atoms with Crippen molar-refractivity contribution in [3.63, 3.8) is 0 Å². The first-order chi connectivity index (χ1) is 15.6. The zero-order chi connectivity index (χ0) is 22.1. The molecule has 8 heteroatoms. The number of hydrogen-bond acceptors (Lipinski definition) is 7. The van der Waals surface area contributed by atoms with Crippen LogP contribution >= 0.6 is 11.3 Å². The Morgan fingerprint density at radius 1 is 1.16 bits per heavy atom. The fraction of sp³-hybridized carbons (Fsp3) is 0.167. The van der Waals surface area contributed by atoms with Gasteiger partial charge in [0.2, 0.25) is 0 Å². The Morgan fingerprint density at radius 3 is 2.91 bits per heavy atom. The number of carbonyl (C=O) groups excluding carboxylic acids is 1. The van der Waals surface area contributed by atoms with Crippen LogP contribution in [-0.2, 0) is 24.2 Å². The molecule has 1 aliphatic rings. The van der Waals surface area contributed by atoms with Gasteiger partial charge in [-0.15, -0.1) is 11.3 Å². The van der Waals surface area contributed by atoms with Crippen LogP contribution in [0.2, 0.25) is 0 Å². The van der Waals surface area contributed by atoms with Gasteiger partial charge in [0, 0.05) is 47.4 Å². The van der Waals surface area contributed by atoms with Gasteiger partial charge in [-0.2, -0.15) is 0 Å². The number of Topliss-reactive ketones (excluding diaryl/α,β-unsaturated/α-hetero) is 1. The van der Waals surface area contributed by atoms with E-state index in [0.29, 0.717) is 37.2 Å². The van der Waals surface area contributed by atoms with Gasteiger partial charge in [-0.05, 0) is 47.9 Å². The van der Waals surface area contributed by atoms with E-state index in [2.05, 4.69) is 20.6 Å². The van der Waals surface area contributed by atoms with Gasteiger partial charge in [0.25, 0.3) is 0 Å². The molecule has 0 atom stereocenters. The monoisotopic (exact) mass is 445 g/mol. The van der Waals surface area contributed by atoms with E-state index in [0.717, 1.165) is 37.6 Å². The molecule has 160 valence electrons. The number of aryl methyl sites for hydroxylation is 1. The highest BCUT2D eigenvalue weighted by Crippen LogP contribution is 2.38. The molecular weight excluding hydrogens is 425 g/mol. The fourth-order valence-corrected chi connectivity index (χ4v) is 5.19. The van der Waals surface area contributed by atoms with Gasteiger partial charge in [0.15, 0.2) is 0 Å². The lowest BCUT2D eigenvalue weighted by molar-refractivity contribution is -0.118. The Hall–Kier alpha value is -3.65. The maximum absolute atomic E-state index is 13.4. The molecule has 0 saturated carbocycles. The number of nitrogens with zero attached hydrogens (tertiary/aromatic N) is 2. The maximum atomic E-state index is 13.4. The SMILES string of the molecule is N=Cc1cc(Nc2ncnc3sc4c(c23)CCC(=O)C4)ccc1NCc1cccc(F)c1. The minimum Gasteiger partial charge on any atom is -0.380 e. The van der Waals surface area contributed by atoms with Gasteiger partial charge in [0.05, 0.1) is 5.39 Å². The minimum absolute atomic E-state index is 0.267. The van der Waals surface area contributed by atoms with Crippen LogP contribution in [0.15, 0.2) is 48.8 Å². The van der Waals surface area contributed by atoms with E-state index in [4.69, 9.17) is 5.41 Å². The highest BCUT2D eigenvalue weighted by Gasteiger charge is 2.23. The van der Waals surface area contributed by atoms with Crippen molar-refractivity contribution in [3.8, 4) is 0 Å². The van der Waals surface area contributed by atoms with E-state index >= 15 is 0 Å². The van der Waals surface area contributed by atoms with Gasteiger partial charge in [0.1, 0.15) is 28.6 Å². The van der Waals surface area contributed by atoms with Crippen LogP contribution in [0.5, 0.6) is 0 Å². The van der Waals surface area contributed by atoms with E-state index in [1.165, 1.54) is 24.7 Å². The van der Waals surface area contributed by atoms with Crippen LogP contribution in [0.3, 0.4) is 0 Å². The number of aromatic nitrogens is 2. The summed E-state index contributed by atoms with van der Waals surface area (Å²) in [5.74, 6) is 0.703. The lowest BCUT2D eigenvalue weighted by Crippen LogP contribution is -2.11. The molecule has 0 radical (unpaired) electrons. The van der Waals surface area contributed by atoms with Crippen LogP contribution in [0.4, 0.5) is 21.6 Å². The summed E-state index contributed by atoms with van der Waals surface area (Å²) >= 11 is 1.56. The van der Waals surface area contributed by atoms with Crippen LogP contribution in [0.25, 0.3) is 10.2 Å². The number of anilines is 3. The standard InChI is InChI=1S/C24H20FN5OS/c25-16-3-1-2-14(8-16)12-27-20-7-4-17(9-15(20)11-26)30-23-22-19-6-5-18(31)10-21(19)32-24(22)29-13-28-23/h1-4,7-9,11,13,26-27H,5-6,10,12H2,(H,28,29,30). The molecule has 0 fully saturated rings. The number of thiophene rings is 1. The highest BCUT2D eigenvalue weighted by atomic mass is 32.1. The average Bonchev–Trinajstić information content (AvgIpc) is 3.16. The van der Waals surface area contributed by atoms with Crippen molar-refractivity contribution in [2.75, 3.05) is 10.6 Å². The first-order valence-corrected chi connectivity index (χ1v) is 11.1. The van der Waals surface area contributed by atoms with Crippen LogP contribution < -0.4 is 10.6 Å². The van der Waals surface area contributed by atoms with Gasteiger partial charge < -0.3 is 16.0 Å². The zero-order valence-corrected chi connectivity index (χ0v) is 17.9. The number of benzene rings is 2. The van der Waals surface area contributed by atoms with Crippen molar-refractivity contribution in [3.05, 3.63) is 76.2 Å². The molecule has 0 saturated heterocycles. The third-order valence-electron chi connectivity index (χ3n) is 5.52. The van der Waals surface area contributed by atoms with Crippen molar-refractivity contribution in [1.29, 1.82) is 5.41 Å². The Bertz CT molecular complexity index is 1350. The van der Waals surface area contributed by atoms with Gasteiger partial charge >= 0.3 is 0 Å².